The number of hydrogen-bond acceptors (Lipinski definition) is 15. The van der Waals surface area contributed by atoms with Crippen molar-refractivity contribution in [1.82, 2.24) is 5.32 Å². The minimum absolute atomic E-state index is 0.0958. The monoisotopic (exact) mass is 728 g/mol. The second-order valence-corrected chi connectivity index (χ2v) is 18.8. The van der Waals surface area contributed by atoms with Gasteiger partial charge in [0.05, 0.1) is 24.7 Å². The highest BCUT2D eigenvalue weighted by molar-refractivity contribution is 6.74. The van der Waals surface area contributed by atoms with E-state index >= 15 is 0 Å². The molecule has 0 aromatic heterocycles. The minimum Gasteiger partial charge on any atom is -0.467 e. The van der Waals surface area contributed by atoms with E-state index in [9.17, 15) is 34.1 Å². The molecule has 1 aromatic carbocycles. The van der Waals surface area contributed by atoms with Gasteiger partial charge < -0.3 is 42.9 Å². The first-order chi connectivity index (χ1) is 22.9. The molecule has 1 amide bonds. The number of ether oxygens (including phenoxy) is 7. The summed E-state index contributed by atoms with van der Waals surface area (Å²) < 4.78 is 44.3. The first-order valence-electron chi connectivity index (χ1n) is 15.7. The van der Waals surface area contributed by atoms with E-state index in [1.807, 2.05) is 33.9 Å². The zero-order valence-electron chi connectivity index (χ0n) is 30.5. The van der Waals surface area contributed by atoms with Crippen LogP contribution in [0.15, 0.2) is 18.2 Å². The van der Waals surface area contributed by atoms with Crippen molar-refractivity contribution in [2.24, 2.45) is 0 Å². The van der Waals surface area contributed by atoms with Crippen LogP contribution in [0.1, 0.15) is 74.0 Å². The average molecular weight is 729 g/mol. The predicted octanol–water partition coefficient (Wildman–Crippen LogP) is 4.25. The summed E-state index contributed by atoms with van der Waals surface area (Å²) >= 11 is 0. The van der Waals surface area contributed by atoms with Gasteiger partial charge in [-0.15, -0.1) is 0 Å². The van der Waals surface area contributed by atoms with E-state index < -0.39 is 97.1 Å². The topological polar surface area (TPSA) is 214 Å². The third-order valence-corrected chi connectivity index (χ3v) is 12.2. The number of rotatable bonds is 12. The number of nitrogens with zero attached hydrogens (tertiary/aromatic N) is 1. The summed E-state index contributed by atoms with van der Waals surface area (Å²) in [6.45, 7) is 18.1. The molecule has 1 aliphatic rings. The first-order valence-corrected chi connectivity index (χ1v) is 18.6. The lowest BCUT2D eigenvalue weighted by molar-refractivity contribution is -0.387. The van der Waals surface area contributed by atoms with Crippen molar-refractivity contribution in [2.45, 2.75) is 123 Å². The maximum absolute atomic E-state index is 12.8. The molecule has 0 unspecified atom stereocenters. The van der Waals surface area contributed by atoms with Gasteiger partial charge in [0.2, 0.25) is 12.4 Å². The first kappa shape index (κ1) is 41.9. The Labute approximate surface area is 291 Å². The smallest absolute Gasteiger partial charge is 0.407 e. The van der Waals surface area contributed by atoms with E-state index in [1.54, 1.807) is 20.8 Å². The number of nitrogens with one attached hydrogen (secondary N) is 1. The molecule has 1 saturated heterocycles. The molecule has 280 valence electrons. The van der Waals surface area contributed by atoms with Crippen molar-refractivity contribution in [1.29, 1.82) is 0 Å². The molecular weight excluding hydrogens is 680 g/mol. The highest BCUT2D eigenvalue weighted by Crippen LogP contribution is 2.41. The van der Waals surface area contributed by atoms with Crippen LogP contribution >= 0.6 is 0 Å². The molecule has 18 heteroatoms. The summed E-state index contributed by atoms with van der Waals surface area (Å²) in [5.41, 5.74) is -1.05. The fraction of sp³-hybridized carbons (Fsp3) is 0.656. The number of hydrogen-bond donors (Lipinski definition) is 1. The van der Waals surface area contributed by atoms with Gasteiger partial charge in [-0.05, 0) is 50.5 Å². The number of nitro groups is 1. The summed E-state index contributed by atoms with van der Waals surface area (Å²) in [7, 11) is -1.51. The van der Waals surface area contributed by atoms with E-state index in [4.69, 9.17) is 37.6 Å². The van der Waals surface area contributed by atoms with E-state index in [1.165, 1.54) is 18.2 Å². The number of esters is 4. The fourth-order valence-electron chi connectivity index (χ4n) is 4.53. The van der Waals surface area contributed by atoms with Crippen LogP contribution in [0.25, 0.3) is 0 Å². The summed E-state index contributed by atoms with van der Waals surface area (Å²) in [5.74, 6) is -4.18. The van der Waals surface area contributed by atoms with Crippen molar-refractivity contribution < 1.29 is 66.5 Å². The molecule has 0 saturated carbocycles. The largest absolute Gasteiger partial charge is 0.467 e. The Bertz CT molecular complexity index is 1440. The van der Waals surface area contributed by atoms with Crippen LogP contribution in [0, 0.1) is 10.1 Å². The van der Waals surface area contributed by atoms with Crippen LogP contribution in [0.5, 0.6) is 5.75 Å². The number of nitro benzene ring substituents is 1. The Morgan fingerprint density at radius 1 is 0.920 bits per heavy atom. The lowest BCUT2D eigenvalue weighted by atomic mass is 9.97. The van der Waals surface area contributed by atoms with Crippen molar-refractivity contribution in [2.75, 3.05) is 13.7 Å². The van der Waals surface area contributed by atoms with E-state index in [2.05, 4.69) is 5.32 Å². The predicted molar refractivity (Wildman–Crippen MR) is 176 cm³/mol. The standard InChI is InChI=1S/C32H48N2O15Si/c1-17(35)43-24-25(44-18(2)36)27(45-19(3)37)29(47-26(24)28(38)42-10)46-22-14-13-20(15-21(22)34(40)41)23(49-50(11,12)32(7,8)9)16-33-30(39)48-31(4,5)6/h13-15,23-27,29H,16H2,1-12H3,(H,33,39)/t23-,24+,25+,26+,27-,29-/m1/s1. The quantitative estimate of drug-likeness (QED) is 0.105. The van der Waals surface area contributed by atoms with Gasteiger partial charge in [0.25, 0.3) is 0 Å². The second kappa shape index (κ2) is 16.6. The minimum atomic E-state index is -2.53. The number of methoxy groups -OCH3 is 1. The number of carbonyl (C=O) groups excluding carboxylic acids is 5. The summed E-state index contributed by atoms with van der Waals surface area (Å²) in [6, 6.07) is 3.91. The van der Waals surface area contributed by atoms with Gasteiger partial charge in [0.1, 0.15) is 5.60 Å². The molecule has 1 aliphatic heterocycles. The molecule has 6 atom stereocenters. The maximum atomic E-state index is 12.8. The molecule has 0 spiro atoms. The molecule has 2 rings (SSSR count). The number of benzene rings is 1. The molecule has 1 fully saturated rings. The van der Waals surface area contributed by atoms with E-state index in [0.29, 0.717) is 5.56 Å². The number of alkyl carbamates (subject to hydrolysis) is 1. The van der Waals surface area contributed by atoms with Crippen molar-refractivity contribution in [3.05, 3.63) is 33.9 Å². The van der Waals surface area contributed by atoms with E-state index in [0.717, 1.165) is 27.9 Å². The van der Waals surface area contributed by atoms with Crippen molar-refractivity contribution >= 4 is 44.0 Å². The molecule has 0 bridgehead atoms. The van der Waals surface area contributed by atoms with Crippen LogP contribution in [-0.2, 0) is 52.0 Å². The van der Waals surface area contributed by atoms with Crippen LogP contribution in [0.4, 0.5) is 10.5 Å². The van der Waals surface area contributed by atoms with Gasteiger partial charge in [-0.1, -0.05) is 26.8 Å². The molecule has 0 aliphatic carbocycles. The zero-order valence-corrected chi connectivity index (χ0v) is 31.5. The normalized spacial score (nSPS) is 21.6. The van der Waals surface area contributed by atoms with E-state index in [-0.39, 0.29) is 11.6 Å². The highest BCUT2D eigenvalue weighted by Gasteiger charge is 2.56. The van der Waals surface area contributed by atoms with Crippen LogP contribution < -0.4 is 10.1 Å². The maximum Gasteiger partial charge on any atom is 0.407 e. The Hall–Kier alpha value is -4.29. The Morgan fingerprint density at radius 2 is 1.46 bits per heavy atom. The van der Waals surface area contributed by atoms with Gasteiger partial charge in [0.15, 0.2) is 32.4 Å². The molecular formula is C32H48N2O15Si. The summed E-state index contributed by atoms with van der Waals surface area (Å²) in [5, 5.41) is 14.8. The molecule has 1 heterocycles. The van der Waals surface area contributed by atoms with Crippen molar-refractivity contribution in [3.63, 3.8) is 0 Å². The molecule has 1 aromatic rings. The second-order valence-electron chi connectivity index (χ2n) is 14.0. The van der Waals surface area contributed by atoms with Crippen LogP contribution in [0.3, 0.4) is 0 Å². The molecule has 17 nitrogen and oxygen atoms in total. The van der Waals surface area contributed by atoms with Gasteiger partial charge in [-0.25, -0.2) is 9.59 Å². The number of carbonyl (C=O) groups is 5. The van der Waals surface area contributed by atoms with Crippen LogP contribution in [-0.4, -0.2) is 93.2 Å². The molecule has 50 heavy (non-hydrogen) atoms. The fourth-order valence-corrected chi connectivity index (χ4v) is 5.81. The van der Waals surface area contributed by atoms with Gasteiger partial charge in [0, 0.05) is 26.8 Å². The third kappa shape index (κ3) is 11.7. The van der Waals surface area contributed by atoms with Gasteiger partial charge in [-0.2, -0.15) is 0 Å². The lowest BCUT2D eigenvalue weighted by Crippen LogP contribution is -2.64. The zero-order chi connectivity index (χ0) is 38.4. The van der Waals surface area contributed by atoms with Crippen LogP contribution in [0.2, 0.25) is 18.1 Å². The number of amides is 1. The lowest BCUT2D eigenvalue weighted by Gasteiger charge is -2.43. The summed E-state index contributed by atoms with van der Waals surface area (Å²) in [4.78, 5) is 73.3. The third-order valence-electron chi connectivity index (χ3n) is 7.70. The molecule has 0 radical (unpaired) electrons. The van der Waals surface area contributed by atoms with Gasteiger partial charge >= 0.3 is 35.7 Å². The summed E-state index contributed by atoms with van der Waals surface area (Å²) in [6.07, 6.45) is -10.2. The molecule has 1 N–H and O–H groups in total. The van der Waals surface area contributed by atoms with Crippen molar-refractivity contribution in [3.8, 4) is 5.75 Å². The Balaban J connectivity index is 2.64. The Kier molecular flexibility index (Phi) is 13.9. The average Bonchev–Trinajstić information content (AvgIpc) is 2.95. The van der Waals surface area contributed by atoms with Gasteiger partial charge in [-0.3, -0.25) is 24.5 Å². The SMILES string of the molecule is COC(=O)[C@H]1O[C@@H](Oc2ccc([C@@H](CNC(=O)OC(C)(C)C)O[Si](C)(C)C(C)(C)C)cc2[N+](=O)[O-])[C@H](OC(C)=O)[C@@H](OC(C)=O)[C@@H]1OC(C)=O. The highest BCUT2D eigenvalue weighted by atomic mass is 28.4. The Morgan fingerprint density at radius 3 is 1.94 bits per heavy atom.